The van der Waals surface area contributed by atoms with Gasteiger partial charge in [0, 0.05) is 6.42 Å². The minimum absolute atomic E-state index is 0.433. The van der Waals surface area contributed by atoms with E-state index in [0.29, 0.717) is 30.1 Å². The van der Waals surface area contributed by atoms with Crippen molar-refractivity contribution in [2.45, 2.75) is 25.9 Å². The molecule has 0 saturated heterocycles. The van der Waals surface area contributed by atoms with Gasteiger partial charge in [0.25, 0.3) is 0 Å². The standard InChI is InChI=1S/C12H11F3N2O/c1-8-16-11(18-17-8)6-5-9-3-2-4-10(7-9)12(13,14)15/h2-4,7H,5-6H2,1H3. The van der Waals surface area contributed by atoms with Gasteiger partial charge in [-0.05, 0) is 25.0 Å². The van der Waals surface area contributed by atoms with Crippen LogP contribution < -0.4 is 0 Å². The highest BCUT2D eigenvalue weighted by molar-refractivity contribution is 5.26. The molecular weight excluding hydrogens is 245 g/mol. The number of halogens is 3. The second-order valence-corrected chi connectivity index (χ2v) is 3.93. The number of hydrogen-bond donors (Lipinski definition) is 0. The van der Waals surface area contributed by atoms with Gasteiger partial charge < -0.3 is 4.52 Å². The maximum absolute atomic E-state index is 12.5. The lowest BCUT2D eigenvalue weighted by molar-refractivity contribution is -0.137. The third-order valence-electron chi connectivity index (χ3n) is 2.45. The molecule has 0 N–H and O–H groups in total. The third kappa shape index (κ3) is 3.09. The highest BCUT2D eigenvalue weighted by atomic mass is 19.4. The number of aryl methyl sites for hydroxylation is 3. The van der Waals surface area contributed by atoms with Crippen LogP contribution in [0.4, 0.5) is 13.2 Å². The molecule has 0 bridgehead atoms. The van der Waals surface area contributed by atoms with Crippen LogP contribution in [0.25, 0.3) is 0 Å². The van der Waals surface area contributed by atoms with Crippen LogP contribution in [-0.2, 0) is 19.0 Å². The van der Waals surface area contributed by atoms with Gasteiger partial charge in [0.05, 0.1) is 5.56 Å². The van der Waals surface area contributed by atoms with Crippen LogP contribution in [0.3, 0.4) is 0 Å². The summed E-state index contributed by atoms with van der Waals surface area (Å²) in [6.45, 7) is 1.69. The Kier molecular flexibility index (Phi) is 3.36. The Morgan fingerprint density at radius 2 is 2.00 bits per heavy atom. The first-order valence-electron chi connectivity index (χ1n) is 5.40. The van der Waals surface area contributed by atoms with Crippen molar-refractivity contribution in [3.63, 3.8) is 0 Å². The third-order valence-corrected chi connectivity index (χ3v) is 2.45. The second kappa shape index (κ2) is 4.80. The molecule has 1 heterocycles. The second-order valence-electron chi connectivity index (χ2n) is 3.93. The fourth-order valence-corrected chi connectivity index (χ4v) is 1.60. The molecule has 2 rings (SSSR count). The van der Waals surface area contributed by atoms with Gasteiger partial charge >= 0.3 is 6.18 Å². The van der Waals surface area contributed by atoms with Gasteiger partial charge in [0.15, 0.2) is 5.82 Å². The maximum Gasteiger partial charge on any atom is 0.416 e. The summed E-state index contributed by atoms with van der Waals surface area (Å²) < 4.78 is 42.4. The molecule has 0 aliphatic carbocycles. The Balaban J connectivity index is 2.06. The smallest absolute Gasteiger partial charge is 0.339 e. The van der Waals surface area contributed by atoms with E-state index in [0.717, 1.165) is 12.1 Å². The summed E-state index contributed by atoms with van der Waals surface area (Å²) in [5, 5.41) is 3.62. The van der Waals surface area contributed by atoms with Crippen LogP contribution in [0.5, 0.6) is 0 Å². The van der Waals surface area contributed by atoms with Crippen molar-refractivity contribution in [1.82, 2.24) is 10.1 Å². The highest BCUT2D eigenvalue weighted by Gasteiger charge is 2.30. The minimum atomic E-state index is -4.31. The Bertz CT molecular complexity index is 534. The molecular formula is C12H11F3N2O. The zero-order valence-corrected chi connectivity index (χ0v) is 9.66. The molecule has 0 aliphatic heterocycles. The van der Waals surface area contributed by atoms with E-state index in [1.54, 1.807) is 13.0 Å². The summed E-state index contributed by atoms with van der Waals surface area (Å²) in [4.78, 5) is 4.00. The van der Waals surface area contributed by atoms with E-state index in [-0.39, 0.29) is 0 Å². The van der Waals surface area contributed by atoms with Crippen molar-refractivity contribution in [2.24, 2.45) is 0 Å². The van der Waals surface area contributed by atoms with E-state index in [1.807, 2.05) is 0 Å². The lowest BCUT2D eigenvalue weighted by Crippen LogP contribution is -2.05. The molecule has 96 valence electrons. The first-order chi connectivity index (χ1) is 8.45. The molecule has 3 nitrogen and oxygen atoms in total. The fraction of sp³-hybridized carbons (Fsp3) is 0.333. The zero-order chi connectivity index (χ0) is 13.2. The van der Waals surface area contributed by atoms with Gasteiger partial charge in [-0.1, -0.05) is 23.4 Å². The number of alkyl halides is 3. The Morgan fingerprint density at radius 1 is 1.22 bits per heavy atom. The van der Waals surface area contributed by atoms with Crippen molar-refractivity contribution in [1.29, 1.82) is 0 Å². The van der Waals surface area contributed by atoms with E-state index in [4.69, 9.17) is 4.52 Å². The van der Waals surface area contributed by atoms with Gasteiger partial charge in [-0.3, -0.25) is 0 Å². The van der Waals surface area contributed by atoms with Crippen LogP contribution in [0, 0.1) is 6.92 Å². The molecule has 0 aliphatic rings. The molecule has 2 aromatic rings. The maximum atomic E-state index is 12.5. The quantitative estimate of drug-likeness (QED) is 0.846. The average Bonchev–Trinajstić information content (AvgIpc) is 2.72. The topological polar surface area (TPSA) is 38.9 Å². The molecule has 0 atom stereocenters. The minimum Gasteiger partial charge on any atom is -0.339 e. The van der Waals surface area contributed by atoms with Crippen molar-refractivity contribution in [3.8, 4) is 0 Å². The number of aromatic nitrogens is 2. The van der Waals surface area contributed by atoms with Crippen LogP contribution in [0.15, 0.2) is 28.8 Å². The summed E-state index contributed by atoms with van der Waals surface area (Å²) >= 11 is 0. The molecule has 0 radical (unpaired) electrons. The summed E-state index contributed by atoms with van der Waals surface area (Å²) in [5.41, 5.74) is -0.0395. The van der Waals surface area contributed by atoms with Crippen molar-refractivity contribution >= 4 is 0 Å². The largest absolute Gasteiger partial charge is 0.416 e. The zero-order valence-electron chi connectivity index (χ0n) is 9.66. The highest BCUT2D eigenvalue weighted by Crippen LogP contribution is 2.29. The average molecular weight is 256 g/mol. The number of benzene rings is 1. The van der Waals surface area contributed by atoms with E-state index in [2.05, 4.69) is 10.1 Å². The van der Waals surface area contributed by atoms with Gasteiger partial charge in [0.1, 0.15) is 0 Å². The SMILES string of the molecule is Cc1noc(CCc2cccc(C(F)(F)F)c2)n1. The van der Waals surface area contributed by atoms with Crippen molar-refractivity contribution in [2.75, 3.05) is 0 Å². The monoisotopic (exact) mass is 256 g/mol. The lowest BCUT2D eigenvalue weighted by atomic mass is 10.1. The molecule has 0 fully saturated rings. The molecule has 6 heteroatoms. The normalized spacial score (nSPS) is 11.8. The predicted molar refractivity (Wildman–Crippen MR) is 57.9 cm³/mol. The summed E-state index contributed by atoms with van der Waals surface area (Å²) in [5.74, 6) is 0.957. The Morgan fingerprint density at radius 3 is 2.61 bits per heavy atom. The summed E-state index contributed by atoms with van der Waals surface area (Å²) in [6, 6.07) is 5.25. The van der Waals surface area contributed by atoms with E-state index >= 15 is 0 Å². The summed E-state index contributed by atoms with van der Waals surface area (Å²) in [7, 11) is 0. The number of nitrogens with zero attached hydrogens (tertiary/aromatic N) is 2. The van der Waals surface area contributed by atoms with E-state index in [9.17, 15) is 13.2 Å². The van der Waals surface area contributed by atoms with Gasteiger partial charge in [-0.15, -0.1) is 0 Å². The molecule has 0 unspecified atom stereocenters. The van der Waals surface area contributed by atoms with Crippen LogP contribution in [0.2, 0.25) is 0 Å². The van der Waals surface area contributed by atoms with Gasteiger partial charge in [-0.25, -0.2) is 0 Å². The Labute approximate surface area is 102 Å². The van der Waals surface area contributed by atoms with Crippen LogP contribution in [-0.4, -0.2) is 10.1 Å². The molecule has 0 amide bonds. The Hall–Kier alpha value is -1.85. The van der Waals surface area contributed by atoms with Gasteiger partial charge in [-0.2, -0.15) is 18.2 Å². The number of hydrogen-bond acceptors (Lipinski definition) is 3. The van der Waals surface area contributed by atoms with E-state index in [1.165, 1.54) is 6.07 Å². The first kappa shape index (κ1) is 12.6. The van der Waals surface area contributed by atoms with Gasteiger partial charge in [0.2, 0.25) is 5.89 Å². The molecule has 1 aromatic heterocycles. The summed E-state index contributed by atoms with van der Waals surface area (Å²) in [6.07, 6.45) is -3.44. The lowest BCUT2D eigenvalue weighted by Gasteiger charge is -2.07. The van der Waals surface area contributed by atoms with Crippen LogP contribution in [0.1, 0.15) is 22.8 Å². The number of rotatable bonds is 3. The first-order valence-corrected chi connectivity index (χ1v) is 5.40. The molecule has 0 saturated carbocycles. The fourth-order valence-electron chi connectivity index (χ4n) is 1.60. The van der Waals surface area contributed by atoms with Crippen LogP contribution >= 0.6 is 0 Å². The van der Waals surface area contributed by atoms with E-state index < -0.39 is 11.7 Å². The molecule has 0 spiro atoms. The molecule has 18 heavy (non-hydrogen) atoms. The van der Waals surface area contributed by atoms with Crippen molar-refractivity contribution in [3.05, 3.63) is 47.1 Å². The molecule has 1 aromatic carbocycles. The van der Waals surface area contributed by atoms with Crippen molar-refractivity contribution < 1.29 is 17.7 Å². The predicted octanol–water partition coefficient (Wildman–Crippen LogP) is 3.18.